The van der Waals surface area contributed by atoms with E-state index in [0.29, 0.717) is 38.8 Å². The molecule has 1 aliphatic heterocycles. The third kappa shape index (κ3) is 8.52. The van der Waals surface area contributed by atoms with E-state index in [1.54, 1.807) is 0 Å². The molecule has 0 radical (unpaired) electrons. The SMILES string of the molecule is CC(C)CC(CNC(=O)NCC1COCCO1)CC(=O)O. The van der Waals surface area contributed by atoms with Crippen molar-refractivity contribution in [1.29, 1.82) is 0 Å². The van der Waals surface area contributed by atoms with Crippen molar-refractivity contribution in [2.75, 3.05) is 32.9 Å². The molecule has 3 N–H and O–H groups in total. The van der Waals surface area contributed by atoms with Crippen LogP contribution < -0.4 is 10.6 Å². The number of hydrogen-bond donors (Lipinski definition) is 3. The molecule has 0 aromatic carbocycles. The number of amides is 2. The maximum Gasteiger partial charge on any atom is 0.314 e. The molecule has 0 aliphatic carbocycles. The van der Waals surface area contributed by atoms with E-state index in [2.05, 4.69) is 10.6 Å². The maximum absolute atomic E-state index is 11.7. The number of carboxylic acids is 1. The lowest BCUT2D eigenvalue weighted by molar-refractivity contribution is -0.138. The molecule has 2 amide bonds. The lowest BCUT2D eigenvalue weighted by atomic mass is 9.94. The van der Waals surface area contributed by atoms with Crippen LogP contribution >= 0.6 is 0 Å². The van der Waals surface area contributed by atoms with Gasteiger partial charge in [-0.1, -0.05) is 13.8 Å². The molecule has 2 unspecified atom stereocenters. The zero-order chi connectivity index (χ0) is 15.7. The molecule has 0 aromatic heterocycles. The summed E-state index contributed by atoms with van der Waals surface area (Å²) in [6.07, 6.45) is 0.722. The van der Waals surface area contributed by atoms with Gasteiger partial charge in [-0.25, -0.2) is 4.79 Å². The van der Waals surface area contributed by atoms with Crippen LogP contribution in [0.3, 0.4) is 0 Å². The highest BCUT2D eigenvalue weighted by Gasteiger charge is 2.17. The molecule has 21 heavy (non-hydrogen) atoms. The lowest BCUT2D eigenvalue weighted by Crippen LogP contribution is -2.45. The Balaban J connectivity index is 2.23. The van der Waals surface area contributed by atoms with Gasteiger partial charge in [0.05, 0.1) is 25.9 Å². The van der Waals surface area contributed by atoms with Crippen LogP contribution in [0, 0.1) is 11.8 Å². The van der Waals surface area contributed by atoms with Crippen molar-refractivity contribution in [2.24, 2.45) is 11.8 Å². The van der Waals surface area contributed by atoms with Crippen molar-refractivity contribution in [2.45, 2.75) is 32.8 Å². The minimum Gasteiger partial charge on any atom is -0.481 e. The molecule has 0 aromatic rings. The highest BCUT2D eigenvalue weighted by molar-refractivity contribution is 5.74. The van der Waals surface area contributed by atoms with Crippen LogP contribution in [0.15, 0.2) is 0 Å². The summed E-state index contributed by atoms with van der Waals surface area (Å²) < 4.78 is 10.7. The molecule has 7 heteroatoms. The van der Waals surface area contributed by atoms with Crippen molar-refractivity contribution in [3.63, 3.8) is 0 Å². The smallest absolute Gasteiger partial charge is 0.314 e. The Hall–Kier alpha value is -1.34. The average Bonchev–Trinajstić information content (AvgIpc) is 2.42. The van der Waals surface area contributed by atoms with Crippen molar-refractivity contribution in [1.82, 2.24) is 10.6 Å². The third-order valence-corrected chi connectivity index (χ3v) is 3.19. The van der Waals surface area contributed by atoms with E-state index in [4.69, 9.17) is 14.6 Å². The Morgan fingerprint density at radius 1 is 1.29 bits per heavy atom. The minimum atomic E-state index is -0.837. The van der Waals surface area contributed by atoms with E-state index in [-0.39, 0.29) is 24.5 Å². The van der Waals surface area contributed by atoms with Gasteiger partial charge in [-0.05, 0) is 18.3 Å². The topological polar surface area (TPSA) is 96.9 Å². The van der Waals surface area contributed by atoms with Gasteiger partial charge in [0.15, 0.2) is 0 Å². The number of urea groups is 1. The molecule has 0 spiro atoms. The largest absolute Gasteiger partial charge is 0.481 e. The fraction of sp³-hybridized carbons (Fsp3) is 0.857. The summed E-state index contributed by atoms with van der Waals surface area (Å²) in [6.45, 7) is 6.44. The van der Waals surface area contributed by atoms with E-state index in [9.17, 15) is 9.59 Å². The summed E-state index contributed by atoms with van der Waals surface area (Å²) in [6, 6.07) is -0.302. The third-order valence-electron chi connectivity index (χ3n) is 3.19. The standard InChI is InChI=1S/C14H26N2O5/c1-10(2)5-11(6-13(17)18)7-15-14(19)16-8-12-9-20-3-4-21-12/h10-12H,3-9H2,1-2H3,(H,17,18)(H2,15,16,19). The molecule has 7 nitrogen and oxygen atoms in total. The first-order valence-electron chi connectivity index (χ1n) is 7.40. The van der Waals surface area contributed by atoms with Crippen molar-refractivity contribution in [3.8, 4) is 0 Å². The molecule has 1 aliphatic rings. The Morgan fingerprint density at radius 3 is 2.62 bits per heavy atom. The van der Waals surface area contributed by atoms with Crippen LogP contribution in [0.1, 0.15) is 26.7 Å². The van der Waals surface area contributed by atoms with E-state index in [1.165, 1.54) is 0 Å². The number of carbonyl (C=O) groups excluding carboxylic acids is 1. The Labute approximate surface area is 125 Å². The summed E-state index contributed by atoms with van der Waals surface area (Å²) in [4.78, 5) is 22.5. The molecule has 0 bridgehead atoms. The number of nitrogens with one attached hydrogen (secondary N) is 2. The van der Waals surface area contributed by atoms with Crippen molar-refractivity contribution < 1.29 is 24.2 Å². The number of ether oxygens (including phenoxy) is 2. The molecule has 2 atom stereocenters. The number of carboxylic acid groups (broad SMARTS) is 1. The second kappa shape index (κ2) is 9.57. The number of hydrogen-bond acceptors (Lipinski definition) is 4. The molecular weight excluding hydrogens is 276 g/mol. The quantitative estimate of drug-likeness (QED) is 0.617. The van der Waals surface area contributed by atoms with Gasteiger partial charge in [-0.2, -0.15) is 0 Å². The normalized spacial score (nSPS) is 20.0. The predicted octanol–water partition coefficient (Wildman–Crippen LogP) is 0.838. The second-order valence-electron chi connectivity index (χ2n) is 5.75. The molecule has 1 fully saturated rings. The average molecular weight is 302 g/mol. The summed E-state index contributed by atoms with van der Waals surface area (Å²) in [5, 5.41) is 14.3. The number of aliphatic carboxylic acids is 1. The molecule has 0 saturated carbocycles. The Kier molecular flexibility index (Phi) is 8.07. The Morgan fingerprint density at radius 2 is 2.05 bits per heavy atom. The summed E-state index contributed by atoms with van der Waals surface area (Å²) in [5.74, 6) is -0.495. The van der Waals surface area contributed by atoms with Crippen LogP contribution in [0.4, 0.5) is 4.79 Å². The van der Waals surface area contributed by atoms with Gasteiger partial charge < -0.3 is 25.2 Å². The van der Waals surface area contributed by atoms with E-state index in [1.807, 2.05) is 13.8 Å². The fourth-order valence-corrected chi connectivity index (χ4v) is 2.31. The first-order valence-corrected chi connectivity index (χ1v) is 7.40. The monoisotopic (exact) mass is 302 g/mol. The molecule has 122 valence electrons. The van der Waals surface area contributed by atoms with Gasteiger partial charge in [0.2, 0.25) is 0 Å². The minimum absolute atomic E-state index is 0.0532. The van der Waals surface area contributed by atoms with Crippen LogP contribution in [0.5, 0.6) is 0 Å². The summed E-state index contributed by atoms with van der Waals surface area (Å²) >= 11 is 0. The van der Waals surface area contributed by atoms with E-state index >= 15 is 0 Å². The first-order chi connectivity index (χ1) is 9.97. The number of rotatable bonds is 8. The van der Waals surface area contributed by atoms with Gasteiger partial charge in [0.25, 0.3) is 0 Å². The Bertz CT molecular complexity index is 329. The molecule has 1 heterocycles. The van der Waals surface area contributed by atoms with Crippen LogP contribution in [-0.2, 0) is 14.3 Å². The first kappa shape index (κ1) is 17.7. The van der Waals surface area contributed by atoms with Gasteiger partial charge in [-0.3, -0.25) is 4.79 Å². The van der Waals surface area contributed by atoms with Gasteiger partial charge in [-0.15, -0.1) is 0 Å². The molecular formula is C14H26N2O5. The van der Waals surface area contributed by atoms with Crippen LogP contribution in [0.2, 0.25) is 0 Å². The zero-order valence-electron chi connectivity index (χ0n) is 12.8. The molecule has 1 saturated heterocycles. The molecule has 1 rings (SSSR count). The predicted molar refractivity (Wildman–Crippen MR) is 77.2 cm³/mol. The van der Waals surface area contributed by atoms with Crippen molar-refractivity contribution >= 4 is 12.0 Å². The second-order valence-corrected chi connectivity index (χ2v) is 5.75. The highest BCUT2D eigenvalue weighted by Crippen LogP contribution is 2.14. The fourth-order valence-electron chi connectivity index (χ4n) is 2.31. The zero-order valence-corrected chi connectivity index (χ0v) is 12.8. The number of carbonyl (C=O) groups is 2. The van der Waals surface area contributed by atoms with Crippen LogP contribution in [0.25, 0.3) is 0 Å². The van der Waals surface area contributed by atoms with E-state index < -0.39 is 5.97 Å². The van der Waals surface area contributed by atoms with Gasteiger partial charge in [0, 0.05) is 19.5 Å². The van der Waals surface area contributed by atoms with Crippen molar-refractivity contribution in [3.05, 3.63) is 0 Å². The lowest BCUT2D eigenvalue weighted by Gasteiger charge is -2.23. The van der Waals surface area contributed by atoms with E-state index in [0.717, 1.165) is 6.42 Å². The van der Waals surface area contributed by atoms with Gasteiger partial charge >= 0.3 is 12.0 Å². The summed E-state index contributed by atoms with van der Waals surface area (Å²) in [5.41, 5.74) is 0. The maximum atomic E-state index is 11.7. The van der Waals surface area contributed by atoms with Crippen LogP contribution in [-0.4, -0.2) is 56.1 Å². The van der Waals surface area contributed by atoms with Gasteiger partial charge in [0.1, 0.15) is 0 Å². The highest BCUT2D eigenvalue weighted by atomic mass is 16.6. The summed E-state index contributed by atoms with van der Waals surface area (Å²) in [7, 11) is 0.